The molecule has 470 valence electrons. The number of para-hydroxylation sites is 4. The zero-order valence-electron chi connectivity index (χ0n) is 53.6. The molecule has 18 aromatic rings. The molecule has 12 nitrogen and oxygen atoms in total. The maximum Gasteiger partial charge on any atom is 0.498 e. The van der Waals surface area contributed by atoms with Gasteiger partial charge in [0.15, 0.2) is 34.9 Å². The number of furan rings is 4. The van der Waals surface area contributed by atoms with Gasteiger partial charge in [-0.3, -0.25) is 0 Å². The number of hydrogen-bond acceptors (Lipinski definition) is 12. The van der Waals surface area contributed by atoms with Crippen LogP contribution in [-0.4, -0.2) is 48.2 Å². The molecule has 0 spiro atoms. The van der Waals surface area contributed by atoms with Crippen LogP contribution in [0, 0.1) is 0 Å². The van der Waals surface area contributed by atoms with Crippen LogP contribution in [0.4, 0.5) is 0 Å². The average molecular weight is 1340 g/mol. The first kappa shape index (κ1) is 60.0. The molecule has 0 atom stereocenters. The van der Waals surface area contributed by atoms with E-state index in [-0.39, 0.29) is 0 Å². The van der Waals surface area contributed by atoms with Crippen molar-refractivity contribution >= 4 is 116 Å². The molecule has 0 saturated carbocycles. The van der Waals surface area contributed by atoms with Gasteiger partial charge in [0.25, 0.3) is 0 Å². The SMILES string of the molecule is Brc1ccc2oc3ccccc3c2c1.CC1(C)OB(c2cccc3c2oc2cc(-c4nc(-c5ccccc5)nc(-c5ccccc5)n4)ccc23)OC1(C)C.c1ccc(-c2nc(-c3ccccc3)nc(-c3ccc4c(c3)oc3c(-c5ccc6oc7ccccc7c6c5)cccc34)n2)cc1. The Morgan fingerprint density at radius 2 is 0.622 bits per heavy atom. The standard InChI is InChI=1S/C39H23N3O2.C33H28BN3O3.C12H7BrO/c1-3-10-24(11-4-1)37-40-38(25-12-5-2-6-13-25)42-39(41-37)27-18-20-30-31-16-9-15-28(36(31)44-35(30)23-27)26-19-21-34-32(22-26)29-14-7-8-17-33(29)43-34;1-32(2)33(3,4)40-34(39-32)26-17-11-16-25-24-19-18-23(20-27(24)38-28(25)26)31-36-29(21-12-7-5-8-13-21)35-30(37-31)22-14-9-6-10-15-22;13-8-5-6-12-10(7-8)9-3-1-2-4-11(9)14-12/h1-23H;5-20H,1-4H3;1-7H. The molecule has 0 aliphatic carbocycles. The molecule has 6 aromatic heterocycles. The Hall–Kier alpha value is -11.7. The third-order valence-corrected chi connectivity index (χ3v) is 19.0. The largest absolute Gasteiger partial charge is 0.498 e. The maximum absolute atomic E-state index is 6.62. The van der Waals surface area contributed by atoms with Gasteiger partial charge in [-0.2, -0.15) is 0 Å². The molecule has 1 saturated heterocycles. The van der Waals surface area contributed by atoms with Gasteiger partial charge < -0.3 is 27.0 Å². The van der Waals surface area contributed by atoms with Gasteiger partial charge in [0, 0.05) is 92.0 Å². The number of fused-ring (bicyclic) bond motifs is 12. The van der Waals surface area contributed by atoms with E-state index in [1.165, 1.54) is 5.39 Å². The molecule has 1 fully saturated rings. The van der Waals surface area contributed by atoms with E-state index in [0.29, 0.717) is 34.9 Å². The van der Waals surface area contributed by atoms with Crippen molar-refractivity contribution in [3.05, 3.63) is 284 Å². The molecule has 0 radical (unpaired) electrons. The van der Waals surface area contributed by atoms with Crippen molar-refractivity contribution in [2.24, 2.45) is 0 Å². The van der Waals surface area contributed by atoms with Crippen LogP contribution in [0.2, 0.25) is 0 Å². The summed E-state index contributed by atoms with van der Waals surface area (Å²) in [4.78, 5) is 29.2. The van der Waals surface area contributed by atoms with Crippen molar-refractivity contribution in [1.82, 2.24) is 29.9 Å². The van der Waals surface area contributed by atoms with Crippen LogP contribution >= 0.6 is 15.9 Å². The predicted octanol–water partition coefficient (Wildman–Crippen LogP) is 21.8. The average Bonchev–Trinajstić information content (AvgIpc) is 1.59. The lowest BCUT2D eigenvalue weighted by molar-refractivity contribution is 0.00578. The Bertz CT molecular complexity index is 5920. The summed E-state index contributed by atoms with van der Waals surface area (Å²) in [6.45, 7) is 8.22. The maximum atomic E-state index is 6.62. The summed E-state index contributed by atoms with van der Waals surface area (Å²) in [5, 5.41) is 8.66. The molecule has 0 N–H and O–H groups in total. The summed E-state index contributed by atoms with van der Waals surface area (Å²) in [5.74, 6) is 3.68. The van der Waals surface area contributed by atoms with E-state index in [4.69, 9.17) is 56.9 Å². The highest BCUT2D eigenvalue weighted by atomic mass is 79.9. The van der Waals surface area contributed by atoms with Crippen molar-refractivity contribution in [1.29, 1.82) is 0 Å². The third-order valence-electron chi connectivity index (χ3n) is 18.5. The summed E-state index contributed by atoms with van der Waals surface area (Å²) >= 11 is 3.46. The third kappa shape index (κ3) is 11.1. The molecule has 98 heavy (non-hydrogen) atoms. The first-order chi connectivity index (χ1) is 47.9. The van der Waals surface area contributed by atoms with E-state index >= 15 is 0 Å². The lowest BCUT2D eigenvalue weighted by atomic mass is 9.78. The first-order valence-corrected chi connectivity index (χ1v) is 33.2. The van der Waals surface area contributed by atoms with Crippen molar-refractivity contribution in [2.45, 2.75) is 38.9 Å². The minimum atomic E-state index is -0.515. The number of halogens is 1. The number of aromatic nitrogens is 6. The lowest BCUT2D eigenvalue weighted by Gasteiger charge is -2.32. The topological polar surface area (TPSA) is 148 Å². The fourth-order valence-corrected chi connectivity index (χ4v) is 13.1. The monoisotopic (exact) mass is 1340 g/mol. The van der Waals surface area contributed by atoms with Gasteiger partial charge in [0.2, 0.25) is 0 Å². The first-order valence-electron chi connectivity index (χ1n) is 32.4. The van der Waals surface area contributed by atoms with Crippen molar-refractivity contribution in [3.8, 4) is 79.5 Å². The van der Waals surface area contributed by atoms with E-state index in [1.807, 2.05) is 206 Å². The Labute approximate surface area is 571 Å². The van der Waals surface area contributed by atoms with Crippen molar-refractivity contribution < 1.29 is 27.0 Å². The molecular weight excluding hydrogens is 1280 g/mol. The molecule has 12 aromatic carbocycles. The van der Waals surface area contributed by atoms with Crippen LogP contribution in [0.1, 0.15) is 27.7 Å². The summed E-state index contributed by atoms with van der Waals surface area (Å²) in [6.07, 6.45) is 0. The number of benzene rings is 12. The van der Waals surface area contributed by atoms with Crippen molar-refractivity contribution in [3.63, 3.8) is 0 Å². The van der Waals surface area contributed by atoms with Gasteiger partial charge in [-0.25, -0.2) is 29.9 Å². The molecule has 7 heterocycles. The number of hydrogen-bond donors (Lipinski definition) is 0. The highest BCUT2D eigenvalue weighted by Crippen LogP contribution is 2.42. The minimum Gasteiger partial charge on any atom is -0.456 e. The minimum absolute atomic E-state index is 0.440. The molecule has 0 unspecified atom stereocenters. The van der Waals surface area contributed by atoms with E-state index in [0.717, 1.165) is 137 Å². The highest BCUT2D eigenvalue weighted by molar-refractivity contribution is 9.10. The van der Waals surface area contributed by atoms with E-state index < -0.39 is 18.3 Å². The van der Waals surface area contributed by atoms with Crippen LogP contribution in [0.25, 0.3) is 167 Å². The normalized spacial score (nSPS) is 13.4. The fourth-order valence-electron chi connectivity index (χ4n) is 12.7. The quantitative estimate of drug-likeness (QED) is 0.133. The zero-order valence-corrected chi connectivity index (χ0v) is 55.2. The summed E-state index contributed by atoms with van der Waals surface area (Å²) < 4.78 is 38.6. The van der Waals surface area contributed by atoms with Crippen LogP contribution in [-0.2, 0) is 9.31 Å². The molecule has 14 heteroatoms. The van der Waals surface area contributed by atoms with Gasteiger partial charge in [-0.05, 0) is 100.0 Å². The number of rotatable bonds is 8. The van der Waals surface area contributed by atoms with Gasteiger partial charge in [0.05, 0.1) is 11.2 Å². The van der Waals surface area contributed by atoms with Crippen molar-refractivity contribution in [2.75, 3.05) is 0 Å². The van der Waals surface area contributed by atoms with Gasteiger partial charge in [-0.15, -0.1) is 0 Å². The van der Waals surface area contributed by atoms with Gasteiger partial charge in [-0.1, -0.05) is 228 Å². The number of nitrogens with zero attached hydrogens (tertiary/aromatic N) is 6. The van der Waals surface area contributed by atoms with E-state index in [1.54, 1.807) is 0 Å². The van der Waals surface area contributed by atoms with Crippen LogP contribution in [0.15, 0.2) is 301 Å². The Morgan fingerprint density at radius 1 is 0.265 bits per heavy atom. The van der Waals surface area contributed by atoms with Gasteiger partial charge >= 0.3 is 7.12 Å². The molecular formula is C84H58BBrN6O6. The van der Waals surface area contributed by atoms with Gasteiger partial charge in [0.1, 0.15) is 44.7 Å². The second-order valence-corrected chi connectivity index (χ2v) is 26.2. The highest BCUT2D eigenvalue weighted by Gasteiger charge is 2.52. The Morgan fingerprint density at radius 3 is 1.10 bits per heavy atom. The zero-order chi connectivity index (χ0) is 66.1. The van der Waals surface area contributed by atoms with Crippen LogP contribution < -0.4 is 5.46 Å². The second kappa shape index (κ2) is 24.5. The fraction of sp³-hybridized carbons (Fsp3) is 0.0714. The lowest BCUT2D eigenvalue weighted by Crippen LogP contribution is -2.41. The Balaban J connectivity index is 0.000000123. The summed E-state index contributed by atoms with van der Waals surface area (Å²) in [5.41, 5.74) is 14.3. The molecule has 1 aliphatic rings. The predicted molar refractivity (Wildman–Crippen MR) is 397 cm³/mol. The molecule has 19 rings (SSSR count). The molecule has 0 amide bonds. The molecule has 0 bridgehead atoms. The summed E-state index contributed by atoms with van der Waals surface area (Å²) in [6, 6.07) is 93.3. The van der Waals surface area contributed by atoms with Crippen LogP contribution in [0.5, 0.6) is 0 Å². The second-order valence-electron chi connectivity index (χ2n) is 25.2. The smallest absolute Gasteiger partial charge is 0.456 e. The Kier molecular flexibility index (Phi) is 15.0. The van der Waals surface area contributed by atoms with E-state index in [9.17, 15) is 0 Å². The summed E-state index contributed by atoms with van der Waals surface area (Å²) in [7, 11) is -0.515. The van der Waals surface area contributed by atoms with Crippen LogP contribution in [0.3, 0.4) is 0 Å². The van der Waals surface area contributed by atoms with E-state index in [2.05, 4.69) is 116 Å². The molecule has 1 aliphatic heterocycles.